The van der Waals surface area contributed by atoms with Crippen molar-refractivity contribution < 1.29 is 13.9 Å². The Kier molecular flexibility index (Phi) is 7.01. The van der Waals surface area contributed by atoms with Gasteiger partial charge in [-0.15, -0.1) is 0 Å². The molecule has 1 N–H and O–H groups in total. The highest BCUT2D eigenvalue weighted by Crippen LogP contribution is 2.26. The van der Waals surface area contributed by atoms with Gasteiger partial charge in [-0.3, -0.25) is 4.79 Å². The Labute approximate surface area is 181 Å². The third-order valence-corrected chi connectivity index (χ3v) is 4.92. The van der Waals surface area contributed by atoms with Crippen molar-refractivity contribution in [2.24, 2.45) is 5.10 Å². The molecule has 0 saturated carbocycles. The first-order chi connectivity index (χ1) is 13.9. The zero-order chi connectivity index (χ0) is 20.8. The number of nitrogens with zero attached hydrogens (tertiary/aromatic N) is 1. The molecule has 0 saturated heterocycles. The molecular formula is C22H17BrClFN2O2. The molecule has 0 unspecified atom stereocenters. The van der Waals surface area contributed by atoms with Crippen LogP contribution in [0.15, 0.2) is 70.2 Å². The number of aryl methyl sites for hydroxylation is 1. The maximum atomic E-state index is 13.2. The molecule has 0 fully saturated rings. The Balaban J connectivity index is 1.60. The van der Waals surface area contributed by atoms with E-state index >= 15 is 0 Å². The Morgan fingerprint density at radius 2 is 2.03 bits per heavy atom. The predicted molar refractivity (Wildman–Crippen MR) is 116 cm³/mol. The van der Waals surface area contributed by atoms with E-state index in [0.717, 1.165) is 16.7 Å². The van der Waals surface area contributed by atoms with Crippen molar-refractivity contribution in [1.29, 1.82) is 0 Å². The van der Waals surface area contributed by atoms with E-state index in [4.69, 9.17) is 16.3 Å². The number of hydrazone groups is 1. The number of benzene rings is 3. The van der Waals surface area contributed by atoms with Crippen LogP contribution in [0, 0.1) is 12.7 Å². The van der Waals surface area contributed by atoms with E-state index in [1.54, 1.807) is 42.5 Å². The van der Waals surface area contributed by atoms with Crippen LogP contribution in [0.5, 0.6) is 5.75 Å². The molecule has 0 bridgehead atoms. The minimum Gasteiger partial charge on any atom is -0.488 e. The molecule has 0 aliphatic rings. The number of carbonyl (C=O) groups is 1. The van der Waals surface area contributed by atoms with E-state index in [9.17, 15) is 9.18 Å². The van der Waals surface area contributed by atoms with E-state index in [1.807, 2.05) is 13.0 Å². The Morgan fingerprint density at radius 3 is 2.76 bits per heavy atom. The van der Waals surface area contributed by atoms with Crippen molar-refractivity contribution in [2.75, 3.05) is 0 Å². The smallest absolute Gasteiger partial charge is 0.272 e. The first-order valence-electron chi connectivity index (χ1n) is 8.69. The molecule has 0 aromatic heterocycles. The second-order valence-electron chi connectivity index (χ2n) is 6.29. The van der Waals surface area contributed by atoms with Crippen LogP contribution in [-0.2, 0) is 6.61 Å². The summed E-state index contributed by atoms with van der Waals surface area (Å²) in [7, 11) is 0. The number of nitrogens with one attached hydrogen (secondary N) is 1. The lowest BCUT2D eigenvalue weighted by atomic mass is 10.1. The quantitative estimate of drug-likeness (QED) is 0.357. The summed E-state index contributed by atoms with van der Waals surface area (Å²) in [5.41, 5.74) is 5.28. The maximum Gasteiger partial charge on any atom is 0.272 e. The van der Waals surface area contributed by atoms with Gasteiger partial charge in [-0.05, 0) is 82.0 Å². The third-order valence-electron chi connectivity index (χ3n) is 3.99. The number of halogens is 3. The summed E-state index contributed by atoms with van der Waals surface area (Å²) in [6, 6.07) is 16.8. The van der Waals surface area contributed by atoms with Gasteiger partial charge in [0.1, 0.15) is 18.2 Å². The molecule has 29 heavy (non-hydrogen) atoms. The number of hydrogen-bond acceptors (Lipinski definition) is 3. The van der Waals surface area contributed by atoms with Crippen molar-refractivity contribution in [3.8, 4) is 5.75 Å². The van der Waals surface area contributed by atoms with E-state index < -0.39 is 0 Å². The fourth-order valence-corrected chi connectivity index (χ4v) is 3.36. The Hall–Kier alpha value is -2.70. The lowest BCUT2D eigenvalue weighted by Gasteiger charge is -2.09. The number of amides is 1. The van der Waals surface area contributed by atoms with Crippen LogP contribution in [0.1, 0.15) is 27.0 Å². The molecule has 0 heterocycles. The summed E-state index contributed by atoms with van der Waals surface area (Å²) in [4.78, 5) is 12.2. The minimum atomic E-state index is -0.389. The zero-order valence-electron chi connectivity index (χ0n) is 15.5. The monoisotopic (exact) mass is 474 g/mol. The van der Waals surface area contributed by atoms with Crippen molar-refractivity contribution >= 4 is 39.7 Å². The lowest BCUT2D eigenvalue weighted by Crippen LogP contribution is -2.18. The van der Waals surface area contributed by atoms with Crippen molar-refractivity contribution in [3.63, 3.8) is 0 Å². The number of rotatable bonds is 6. The van der Waals surface area contributed by atoms with Gasteiger partial charge in [0.2, 0.25) is 0 Å². The second kappa shape index (κ2) is 9.67. The fourth-order valence-electron chi connectivity index (χ4n) is 2.53. The normalized spacial score (nSPS) is 10.9. The van der Waals surface area contributed by atoms with Crippen LogP contribution >= 0.6 is 27.5 Å². The molecule has 0 atom stereocenters. The zero-order valence-corrected chi connectivity index (χ0v) is 17.8. The van der Waals surface area contributed by atoms with Gasteiger partial charge < -0.3 is 4.74 Å². The van der Waals surface area contributed by atoms with Crippen LogP contribution in [0.4, 0.5) is 4.39 Å². The van der Waals surface area contributed by atoms with E-state index in [1.165, 1.54) is 18.3 Å². The molecule has 0 spiro atoms. The van der Waals surface area contributed by atoms with Gasteiger partial charge in [-0.2, -0.15) is 5.10 Å². The summed E-state index contributed by atoms with van der Waals surface area (Å²) in [5.74, 6) is -0.0760. The van der Waals surface area contributed by atoms with Gasteiger partial charge in [0.25, 0.3) is 5.91 Å². The van der Waals surface area contributed by atoms with Gasteiger partial charge >= 0.3 is 0 Å². The van der Waals surface area contributed by atoms with E-state index in [0.29, 0.717) is 20.8 Å². The van der Waals surface area contributed by atoms with Crippen molar-refractivity contribution in [1.82, 2.24) is 5.43 Å². The Morgan fingerprint density at radius 1 is 1.21 bits per heavy atom. The molecular weight excluding hydrogens is 459 g/mol. The molecule has 3 aromatic rings. The van der Waals surface area contributed by atoms with Crippen molar-refractivity contribution in [3.05, 3.63) is 98.2 Å². The highest BCUT2D eigenvalue weighted by Gasteiger charge is 2.09. The molecule has 148 valence electrons. The number of hydrogen-bond donors (Lipinski definition) is 1. The molecule has 1 amide bonds. The first-order valence-corrected chi connectivity index (χ1v) is 9.86. The summed E-state index contributed by atoms with van der Waals surface area (Å²) < 4.78 is 19.7. The van der Waals surface area contributed by atoms with Gasteiger partial charge in [-0.25, -0.2) is 9.82 Å². The SMILES string of the molecule is Cc1ccc(C(=O)N/N=C\c2ccc(OCc3cccc(F)c3)c(Br)c2)c(Cl)c1. The lowest BCUT2D eigenvalue weighted by molar-refractivity contribution is 0.0955. The van der Waals surface area contributed by atoms with E-state index in [-0.39, 0.29) is 18.3 Å². The van der Waals surface area contributed by atoms with Crippen LogP contribution in [0.3, 0.4) is 0 Å². The topological polar surface area (TPSA) is 50.7 Å². The number of carbonyl (C=O) groups excluding carboxylic acids is 1. The first kappa shape index (κ1) is 21.0. The van der Waals surface area contributed by atoms with Gasteiger partial charge in [0.05, 0.1) is 21.3 Å². The minimum absolute atomic E-state index is 0.247. The molecule has 0 radical (unpaired) electrons. The van der Waals surface area contributed by atoms with Crippen LogP contribution in [0.2, 0.25) is 5.02 Å². The maximum absolute atomic E-state index is 13.2. The second-order valence-corrected chi connectivity index (χ2v) is 7.55. The summed E-state index contributed by atoms with van der Waals surface area (Å²) in [6.07, 6.45) is 1.51. The highest BCUT2D eigenvalue weighted by atomic mass is 79.9. The fraction of sp³-hybridized carbons (Fsp3) is 0.0909. The van der Waals surface area contributed by atoms with Gasteiger partial charge in [0.15, 0.2) is 0 Å². The molecule has 7 heteroatoms. The van der Waals surface area contributed by atoms with Crippen LogP contribution < -0.4 is 10.2 Å². The van der Waals surface area contributed by atoms with Gasteiger partial charge in [0, 0.05) is 0 Å². The highest BCUT2D eigenvalue weighted by molar-refractivity contribution is 9.10. The standard InChI is InChI=1S/C22H17BrClFN2O2/c1-14-5-7-18(20(24)9-14)22(28)27-26-12-15-6-8-21(19(23)11-15)29-13-16-3-2-4-17(25)10-16/h2-12H,13H2,1H3,(H,27,28)/b26-12-. The molecule has 0 aliphatic carbocycles. The molecule has 3 rings (SSSR count). The third kappa shape index (κ3) is 5.89. The average Bonchev–Trinajstić information content (AvgIpc) is 2.67. The summed E-state index contributed by atoms with van der Waals surface area (Å²) in [6.45, 7) is 2.15. The number of ether oxygens (including phenoxy) is 1. The van der Waals surface area contributed by atoms with Gasteiger partial charge in [-0.1, -0.05) is 29.8 Å². The van der Waals surface area contributed by atoms with Crippen LogP contribution in [0.25, 0.3) is 0 Å². The predicted octanol–water partition coefficient (Wildman–Crippen LogP) is 5.89. The largest absolute Gasteiger partial charge is 0.488 e. The molecule has 4 nitrogen and oxygen atoms in total. The Bertz CT molecular complexity index is 1070. The molecule has 0 aliphatic heterocycles. The summed E-state index contributed by atoms with van der Waals surface area (Å²) in [5, 5.41) is 4.34. The van der Waals surface area contributed by atoms with E-state index in [2.05, 4.69) is 26.5 Å². The van der Waals surface area contributed by atoms with Crippen molar-refractivity contribution in [2.45, 2.75) is 13.5 Å². The van der Waals surface area contributed by atoms with Crippen LogP contribution in [-0.4, -0.2) is 12.1 Å². The average molecular weight is 476 g/mol. The summed E-state index contributed by atoms with van der Waals surface area (Å²) >= 11 is 9.53. The molecule has 3 aromatic carbocycles.